The zero-order valence-corrected chi connectivity index (χ0v) is 12.7. The minimum Gasteiger partial charge on any atom is -0.338 e. The van der Waals surface area contributed by atoms with Crippen molar-refractivity contribution in [1.29, 1.82) is 0 Å². The maximum Gasteiger partial charge on any atom is 0.226 e. The van der Waals surface area contributed by atoms with Crippen molar-refractivity contribution in [1.82, 2.24) is 15.3 Å². The molecule has 112 valence electrons. The molecule has 0 unspecified atom stereocenters. The number of thiophene rings is 1. The summed E-state index contributed by atoms with van der Waals surface area (Å²) in [6.45, 7) is 3.79. The Morgan fingerprint density at radius 2 is 1.91 bits per heavy atom. The summed E-state index contributed by atoms with van der Waals surface area (Å²) in [5.41, 5.74) is 1.01. The van der Waals surface area contributed by atoms with Crippen molar-refractivity contribution in [3.63, 3.8) is 0 Å². The number of benzene rings is 1. The smallest absolute Gasteiger partial charge is 0.226 e. The van der Waals surface area contributed by atoms with E-state index in [1.165, 1.54) is 12.1 Å². The predicted molar refractivity (Wildman–Crippen MR) is 87.9 cm³/mol. The molecule has 0 atom stereocenters. The third kappa shape index (κ3) is 2.55. The van der Waals surface area contributed by atoms with Crippen LogP contribution in [0.3, 0.4) is 0 Å². The van der Waals surface area contributed by atoms with Crippen molar-refractivity contribution >= 4 is 27.5 Å². The Balaban J connectivity index is 1.69. The van der Waals surface area contributed by atoms with E-state index in [9.17, 15) is 4.39 Å². The Kier molecular flexibility index (Phi) is 3.48. The summed E-state index contributed by atoms with van der Waals surface area (Å²) in [6.07, 6.45) is 1.88. The van der Waals surface area contributed by atoms with Gasteiger partial charge in [0.2, 0.25) is 5.95 Å². The molecule has 4 rings (SSSR count). The highest BCUT2D eigenvalue weighted by molar-refractivity contribution is 7.21. The highest BCUT2D eigenvalue weighted by Crippen LogP contribution is 2.33. The number of halogens is 1. The van der Waals surface area contributed by atoms with Crippen LogP contribution in [-0.4, -0.2) is 36.1 Å². The van der Waals surface area contributed by atoms with Gasteiger partial charge in [-0.15, -0.1) is 11.3 Å². The van der Waals surface area contributed by atoms with Crippen LogP contribution in [0.1, 0.15) is 0 Å². The molecule has 0 amide bonds. The maximum absolute atomic E-state index is 13.0. The SMILES string of the molecule is Fc1ccc(-c2cc3cnc(N4CCNCC4)nc3s2)cc1. The highest BCUT2D eigenvalue weighted by Gasteiger charge is 2.14. The van der Waals surface area contributed by atoms with E-state index in [1.54, 1.807) is 23.5 Å². The van der Waals surface area contributed by atoms with Crippen LogP contribution in [0.2, 0.25) is 0 Å². The molecule has 22 heavy (non-hydrogen) atoms. The summed E-state index contributed by atoms with van der Waals surface area (Å²) < 4.78 is 13.0. The van der Waals surface area contributed by atoms with E-state index >= 15 is 0 Å². The van der Waals surface area contributed by atoms with Gasteiger partial charge in [-0.25, -0.2) is 14.4 Å². The van der Waals surface area contributed by atoms with Gasteiger partial charge < -0.3 is 10.2 Å². The first-order chi connectivity index (χ1) is 10.8. The standard InChI is InChI=1S/C16H15FN4S/c17-13-3-1-11(2-4-13)14-9-12-10-19-16(20-15(12)22-14)21-7-5-18-6-8-21/h1-4,9-10,18H,5-8H2. The number of hydrogen-bond acceptors (Lipinski definition) is 5. The first kappa shape index (κ1) is 13.6. The molecular formula is C16H15FN4S. The van der Waals surface area contributed by atoms with Crippen LogP contribution in [0, 0.1) is 5.82 Å². The van der Waals surface area contributed by atoms with E-state index in [1.807, 2.05) is 6.20 Å². The first-order valence-electron chi connectivity index (χ1n) is 7.28. The second-order valence-electron chi connectivity index (χ2n) is 5.29. The largest absolute Gasteiger partial charge is 0.338 e. The molecule has 1 aliphatic rings. The zero-order chi connectivity index (χ0) is 14.9. The Bertz CT molecular complexity index is 794. The Morgan fingerprint density at radius 1 is 1.14 bits per heavy atom. The maximum atomic E-state index is 13.0. The Hall–Kier alpha value is -2.05. The molecule has 3 heterocycles. The molecule has 1 fully saturated rings. The van der Waals surface area contributed by atoms with Gasteiger partial charge in [-0.05, 0) is 23.8 Å². The average Bonchev–Trinajstić information content (AvgIpc) is 2.99. The number of fused-ring (bicyclic) bond motifs is 1. The summed E-state index contributed by atoms with van der Waals surface area (Å²) >= 11 is 1.62. The lowest BCUT2D eigenvalue weighted by Crippen LogP contribution is -2.44. The molecule has 0 bridgehead atoms. The van der Waals surface area contributed by atoms with Gasteiger partial charge in [0.15, 0.2) is 0 Å². The second kappa shape index (κ2) is 5.62. The van der Waals surface area contributed by atoms with Gasteiger partial charge in [0.05, 0.1) is 0 Å². The normalized spacial score (nSPS) is 15.4. The number of nitrogens with zero attached hydrogens (tertiary/aromatic N) is 3. The third-order valence-electron chi connectivity index (χ3n) is 3.79. The third-order valence-corrected chi connectivity index (χ3v) is 4.88. The van der Waals surface area contributed by atoms with Crippen LogP contribution >= 0.6 is 11.3 Å². The van der Waals surface area contributed by atoms with Crippen LogP contribution in [0.25, 0.3) is 20.7 Å². The summed E-state index contributed by atoms with van der Waals surface area (Å²) in [6, 6.07) is 8.62. The fraction of sp³-hybridized carbons (Fsp3) is 0.250. The number of rotatable bonds is 2. The molecule has 4 nitrogen and oxygen atoms in total. The monoisotopic (exact) mass is 314 g/mol. The lowest BCUT2D eigenvalue weighted by atomic mass is 10.2. The summed E-state index contributed by atoms with van der Waals surface area (Å²) in [5.74, 6) is 0.576. The van der Waals surface area contributed by atoms with Crippen LogP contribution in [0.4, 0.5) is 10.3 Å². The van der Waals surface area contributed by atoms with Gasteiger partial charge in [-0.1, -0.05) is 12.1 Å². The molecule has 0 spiro atoms. The van der Waals surface area contributed by atoms with Crippen LogP contribution in [0.5, 0.6) is 0 Å². The minimum atomic E-state index is -0.217. The van der Waals surface area contributed by atoms with Crippen molar-refractivity contribution in [2.75, 3.05) is 31.1 Å². The number of aromatic nitrogens is 2. The van der Waals surface area contributed by atoms with Crippen molar-refractivity contribution in [2.24, 2.45) is 0 Å². The van der Waals surface area contributed by atoms with Gasteiger partial charge in [-0.3, -0.25) is 0 Å². The highest BCUT2D eigenvalue weighted by atomic mass is 32.1. The van der Waals surface area contributed by atoms with Crippen LogP contribution in [-0.2, 0) is 0 Å². The second-order valence-corrected chi connectivity index (χ2v) is 6.32. The van der Waals surface area contributed by atoms with Gasteiger partial charge in [0.1, 0.15) is 10.6 Å². The molecule has 1 saturated heterocycles. The van der Waals surface area contributed by atoms with Gasteiger partial charge in [0.25, 0.3) is 0 Å². The summed E-state index contributed by atoms with van der Waals surface area (Å²) in [5, 5.41) is 4.36. The zero-order valence-electron chi connectivity index (χ0n) is 11.9. The van der Waals surface area contributed by atoms with Gasteiger partial charge >= 0.3 is 0 Å². The van der Waals surface area contributed by atoms with Crippen molar-refractivity contribution in [2.45, 2.75) is 0 Å². The molecule has 1 N–H and O–H groups in total. The lowest BCUT2D eigenvalue weighted by Gasteiger charge is -2.27. The predicted octanol–water partition coefficient (Wildman–Crippen LogP) is 2.91. The summed E-state index contributed by atoms with van der Waals surface area (Å²) in [4.78, 5) is 13.4. The number of piperazine rings is 1. The number of nitrogens with one attached hydrogen (secondary N) is 1. The Labute approximate surface area is 131 Å². The average molecular weight is 314 g/mol. The first-order valence-corrected chi connectivity index (χ1v) is 8.09. The summed E-state index contributed by atoms with van der Waals surface area (Å²) in [7, 11) is 0. The lowest BCUT2D eigenvalue weighted by molar-refractivity contribution is 0.580. The molecule has 0 saturated carbocycles. The quantitative estimate of drug-likeness (QED) is 0.790. The van der Waals surface area contributed by atoms with Crippen molar-refractivity contribution in [3.05, 3.63) is 42.3 Å². The van der Waals surface area contributed by atoms with Crippen molar-refractivity contribution in [3.8, 4) is 10.4 Å². The van der Waals surface area contributed by atoms with E-state index in [2.05, 4.69) is 21.3 Å². The van der Waals surface area contributed by atoms with Gasteiger partial charge in [0, 0.05) is 42.6 Å². The molecular weight excluding hydrogens is 299 g/mol. The van der Waals surface area contributed by atoms with E-state index in [4.69, 9.17) is 4.98 Å². The molecule has 0 aliphatic carbocycles. The van der Waals surface area contributed by atoms with E-state index in [-0.39, 0.29) is 5.82 Å². The molecule has 1 aliphatic heterocycles. The molecule has 0 radical (unpaired) electrons. The van der Waals surface area contributed by atoms with E-state index in [0.717, 1.165) is 52.8 Å². The van der Waals surface area contributed by atoms with E-state index < -0.39 is 0 Å². The van der Waals surface area contributed by atoms with E-state index in [0.29, 0.717) is 0 Å². The topological polar surface area (TPSA) is 41.1 Å². The fourth-order valence-corrected chi connectivity index (χ4v) is 3.60. The molecule has 1 aromatic carbocycles. The van der Waals surface area contributed by atoms with Crippen molar-refractivity contribution < 1.29 is 4.39 Å². The molecule has 2 aromatic heterocycles. The Morgan fingerprint density at radius 3 is 2.68 bits per heavy atom. The number of anilines is 1. The van der Waals surface area contributed by atoms with Gasteiger partial charge in [-0.2, -0.15) is 0 Å². The van der Waals surface area contributed by atoms with Crippen LogP contribution in [0.15, 0.2) is 36.5 Å². The molecule has 3 aromatic rings. The fourth-order valence-electron chi connectivity index (χ4n) is 2.60. The van der Waals surface area contributed by atoms with Crippen LogP contribution < -0.4 is 10.2 Å². The number of hydrogen-bond donors (Lipinski definition) is 1. The molecule has 6 heteroatoms. The minimum absolute atomic E-state index is 0.217.